The van der Waals surface area contributed by atoms with Crippen molar-refractivity contribution >= 4 is 33.5 Å². The number of hydrogen-bond donors (Lipinski definition) is 2. The molecule has 0 saturated heterocycles. The van der Waals surface area contributed by atoms with Crippen molar-refractivity contribution < 1.29 is 13.9 Å². The van der Waals surface area contributed by atoms with Gasteiger partial charge in [0.2, 0.25) is 0 Å². The van der Waals surface area contributed by atoms with Gasteiger partial charge in [-0.3, -0.25) is 5.32 Å². The molecule has 0 saturated carbocycles. The molecule has 0 radical (unpaired) electrons. The molecule has 6 nitrogen and oxygen atoms in total. The topological polar surface area (TPSA) is 76.4 Å². The number of thiazole rings is 1. The summed E-state index contributed by atoms with van der Waals surface area (Å²) in [6, 6.07) is 17.1. The molecule has 0 aliphatic heterocycles. The first kappa shape index (κ1) is 18.1. The van der Waals surface area contributed by atoms with E-state index in [-0.39, 0.29) is 6.03 Å². The lowest BCUT2D eigenvalue weighted by Gasteiger charge is -2.05. The predicted molar refractivity (Wildman–Crippen MR) is 111 cm³/mol. The van der Waals surface area contributed by atoms with E-state index in [1.165, 1.54) is 11.3 Å². The number of aromatic nitrogens is 1. The molecule has 7 heteroatoms. The highest BCUT2D eigenvalue weighted by atomic mass is 32.1. The van der Waals surface area contributed by atoms with Crippen LogP contribution in [-0.4, -0.2) is 17.6 Å². The first-order chi connectivity index (χ1) is 13.7. The van der Waals surface area contributed by atoms with Gasteiger partial charge in [-0.2, -0.15) is 0 Å². The Balaban J connectivity index is 1.45. The number of nitrogens with zero attached hydrogens (tertiary/aromatic N) is 1. The first-order valence-corrected chi connectivity index (χ1v) is 9.81. The molecule has 2 N–H and O–H groups in total. The predicted octanol–water partition coefficient (Wildman–Crippen LogP) is 5.28. The number of hydrogen-bond acceptors (Lipinski definition) is 5. The molecule has 4 rings (SSSR count). The van der Waals surface area contributed by atoms with Gasteiger partial charge in [0, 0.05) is 17.3 Å². The van der Waals surface area contributed by atoms with Gasteiger partial charge in [0.05, 0.1) is 6.61 Å². The summed E-state index contributed by atoms with van der Waals surface area (Å²) in [4.78, 5) is 16.6. The second kappa shape index (κ2) is 8.14. The molecule has 0 aliphatic rings. The quantitative estimate of drug-likeness (QED) is 0.467. The van der Waals surface area contributed by atoms with Crippen molar-refractivity contribution in [3.05, 3.63) is 65.5 Å². The maximum atomic E-state index is 12.1. The minimum atomic E-state index is -0.298. The van der Waals surface area contributed by atoms with Crippen LogP contribution in [0.5, 0.6) is 5.75 Å². The van der Waals surface area contributed by atoms with Crippen molar-refractivity contribution in [2.75, 3.05) is 11.9 Å². The fourth-order valence-corrected chi connectivity index (χ4v) is 3.49. The molecule has 0 aliphatic carbocycles. The van der Waals surface area contributed by atoms with E-state index in [1.807, 2.05) is 66.9 Å². The van der Waals surface area contributed by atoms with Crippen LogP contribution in [0.3, 0.4) is 0 Å². The third kappa shape index (κ3) is 3.99. The molecular formula is C21H19N3O3S. The van der Waals surface area contributed by atoms with Gasteiger partial charge in [-0.1, -0.05) is 42.5 Å². The Morgan fingerprint density at radius 2 is 2.04 bits per heavy atom. The average molecular weight is 393 g/mol. The number of carbonyl (C=O) groups is 1. The molecule has 28 heavy (non-hydrogen) atoms. The Morgan fingerprint density at radius 3 is 2.86 bits per heavy atom. The molecule has 0 fully saturated rings. The summed E-state index contributed by atoms with van der Waals surface area (Å²) in [5.41, 5.74) is 2.40. The van der Waals surface area contributed by atoms with E-state index in [9.17, 15) is 4.79 Å². The lowest BCUT2D eigenvalue weighted by atomic mass is 10.2. The lowest BCUT2D eigenvalue weighted by Crippen LogP contribution is -2.28. The van der Waals surface area contributed by atoms with Gasteiger partial charge in [0.25, 0.3) is 0 Å². The highest BCUT2D eigenvalue weighted by Gasteiger charge is 2.14. The Labute approximate surface area is 166 Å². The van der Waals surface area contributed by atoms with Gasteiger partial charge < -0.3 is 14.5 Å². The zero-order chi connectivity index (χ0) is 19.3. The van der Waals surface area contributed by atoms with Crippen LogP contribution in [0.4, 0.5) is 9.93 Å². The van der Waals surface area contributed by atoms with Gasteiger partial charge in [0.1, 0.15) is 5.69 Å². The first-order valence-electron chi connectivity index (χ1n) is 8.93. The number of rotatable bonds is 6. The number of amides is 2. The number of ether oxygens (including phenoxy) is 1. The van der Waals surface area contributed by atoms with Crippen molar-refractivity contribution in [1.29, 1.82) is 0 Å². The fourth-order valence-electron chi connectivity index (χ4n) is 2.80. The van der Waals surface area contributed by atoms with Crippen LogP contribution in [-0.2, 0) is 6.54 Å². The zero-order valence-corrected chi connectivity index (χ0v) is 16.1. The van der Waals surface area contributed by atoms with E-state index in [4.69, 9.17) is 9.15 Å². The third-order valence-corrected chi connectivity index (χ3v) is 4.84. The highest BCUT2D eigenvalue weighted by Crippen LogP contribution is 2.34. The molecule has 0 atom stereocenters. The Bertz CT molecular complexity index is 1090. The van der Waals surface area contributed by atoms with E-state index in [0.29, 0.717) is 41.1 Å². The van der Waals surface area contributed by atoms with Crippen LogP contribution < -0.4 is 15.4 Å². The van der Waals surface area contributed by atoms with Crippen molar-refractivity contribution in [3.8, 4) is 17.2 Å². The van der Waals surface area contributed by atoms with Gasteiger partial charge in [0.15, 0.2) is 22.2 Å². The van der Waals surface area contributed by atoms with Crippen LogP contribution in [0.15, 0.2) is 64.4 Å². The fraction of sp³-hybridized carbons (Fsp3) is 0.143. The van der Waals surface area contributed by atoms with E-state index in [2.05, 4.69) is 15.6 Å². The largest absolute Gasteiger partial charge is 0.490 e. The number of furan rings is 1. The van der Waals surface area contributed by atoms with E-state index in [0.717, 1.165) is 10.9 Å². The molecule has 4 aromatic rings. The third-order valence-electron chi connectivity index (χ3n) is 4.08. The van der Waals surface area contributed by atoms with Gasteiger partial charge >= 0.3 is 6.03 Å². The second-order valence-electron chi connectivity index (χ2n) is 6.05. The lowest BCUT2D eigenvalue weighted by molar-refractivity contribution is 0.251. The minimum absolute atomic E-state index is 0.298. The van der Waals surface area contributed by atoms with E-state index < -0.39 is 0 Å². The van der Waals surface area contributed by atoms with E-state index >= 15 is 0 Å². The summed E-state index contributed by atoms with van der Waals surface area (Å²) in [6.07, 6.45) is 0. The summed E-state index contributed by atoms with van der Waals surface area (Å²) in [5.74, 6) is 1.34. The van der Waals surface area contributed by atoms with Gasteiger partial charge in [-0.05, 0) is 24.6 Å². The number of fused-ring (bicyclic) bond motifs is 1. The number of benzene rings is 2. The maximum absolute atomic E-state index is 12.1. The number of para-hydroxylation sites is 1. The Kier molecular flexibility index (Phi) is 5.25. The van der Waals surface area contributed by atoms with E-state index in [1.54, 1.807) is 0 Å². The van der Waals surface area contributed by atoms with Crippen molar-refractivity contribution in [3.63, 3.8) is 0 Å². The molecule has 2 aromatic heterocycles. The molecular weight excluding hydrogens is 374 g/mol. The molecule has 0 unspecified atom stereocenters. The van der Waals surface area contributed by atoms with Crippen LogP contribution in [0.2, 0.25) is 0 Å². The van der Waals surface area contributed by atoms with Crippen LogP contribution in [0.1, 0.15) is 12.5 Å². The summed E-state index contributed by atoms with van der Waals surface area (Å²) in [6.45, 7) is 2.95. The summed E-state index contributed by atoms with van der Waals surface area (Å²) >= 11 is 1.34. The van der Waals surface area contributed by atoms with Gasteiger partial charge in [-0.15, -0.1) is 11.3 Å². The van der Waals surface area contributed by atoms with Gasteiger partial charge in [-0.25, -0.2) is 9.78 Å². The summed E-state index contributed by atoms with van der Waals surface area (Å²) in [7, 11) is 0. The molecule has 142 valence electrons. The maximum Gasteiger partial charge on any atom is 0.321 e. The van der Waals surface area contributed by atoms with Crippen LogP contribution in [0.25, 0.3) is 22.4 Å². The molecule has 0 bridgehead atoms. The second-order valence-corrected chi connectivity index (χ2v) is 6.91. The zero-order valence-electron chi connectivity index (χ0n) is 15.3. The number of urea groups is 1. The Hall–Kier alpha value is -3.32. The van der Waals surface area contributed by atoms with Crippen LogP contribution in [0, 0.1) is 0 Å². The van der Waals surface area contributed by atoms with Crippen molar-refractivity contribution in [1.82, 2.24) is 10.3 Å². The number of carbonyl (C=O) groups excluding carboxylic acids is 1. The molecule has 2 aromatic carbocycles. The monoisotopic (exact) mass is 393 g/mol. The molecule has 2 heterocycles. The molecule has 2 amide bonds. The van der Waals surface area contributed by atoms with Crippen LogP contribution >= 0.6 is 11.3 Å². The highest BCUT2D eigenvalue weighted by molar-refractivity contribution is 7.14. The summed E-state index contributed by atoms with van der Waals surface area (Å²) in [5, 5.41) is 8.88. The Morgan fingerprint density at radius 1 is 1.18 bits per heavy atom. The standard InChI is InChI=1S/C21H19N3O3S/c1-2-26-17-10-6-9-15-11-18(27-19(15)17)16-13-28-21(23-16)24-20(25)22-12-14-7-4-3-5-8-14/h3-11,13H,2,12H2,1H3,(H2,22,23,24,25). The number of anilines is 1. The molecule has 0 spiro atoms. The minimum Gasteiger partial charge on any atom is -0.490 e. The SMILES string of the molecule is CCOc1cccc2cc(-c3csc(NC(=O)NCc4ccccc4)n3)oc12. The summed E-state index contributed by atoms with van der Waals surface area (Å²) < 4.78 is 11.6. The van der Waals surface area contributed by atoms with Crippen molar-refractivity contribution in [2.45, 2.75) is 13.5 Å². The van der Waals surface area contributed by atoms with Crippen molar-refractivity contribution in [2.24, 2.45) is 0 Å². The average Bonchev–Trinajstić information content (AvgIpc) is 3.35. The number of nitrogens with one attached hydrogen (secondary N) is 2. The smallest absolute Gasteiger partial charge is 0.321 e. The normalized spacial score (nSPS) is 10.8.